The second-order valence-electron chi connectivity index (χ2n) is 12.6. The summed E-state index contributed by atoms with van der Waals surface area (Å²) >= 11 is 2.09. The van der Waals surface area contributed by atoms with Crippen LogP contribution in [-0.2, 0) is 20.9 Å². The maximum Gasteiger partial charge on any atom is 0.234 e. The number of nitrogens with zero attached hydrogens (tertiary/aromatic N) is 2. The smallest absolute Gasteiger partial charge is 0.234 e. The quantitative estimate of drug-likeness (QED) is 0.211. The van der Waals surface area contributed by atoms with E-state index in [0.29, 0.717) is 18.8 Å². The molecule has 0 aromatic heterocycles. The summed E-state index contributed by atoms with van der Waals surface area (Å²) in [6.45, 7) is 4.95. The van der Waals surface area contributed by atoms with Gasteiger partial charge in [-0.2, -0.15) is 0 Å². The Balaban J connectivity index is 1.11. The van der Waals surface area contributed by atoms with E-state index in [-0.39, 0.29) is 42.2 Å². The van der Waals surface area contributed by atoms with Crippen molar-refractivity contribution in [2.24, 2.45) is 17.8 Å². The van der Waals surface area contributed by atoms with Crippen molar-refractivity contribution in [1.82, 2.24) is 9.80 Å². The van der Waals surface area contributed by atoms with E-state index in [2.05, 4.69) is 64.8 Å². The van der Waals surface area contributed by atoms with E-state index in [1.54, 1.807) is 4.90 Å². The number of fused-ring (bicyclic) bond motifs is 3. The van der Waals surface area contributed by atoms with Crippen molar-refractivity contribution in [2.75, 3.05) is 33.4 Å². The first-order valence-electron chi connectivity index (χ1n) is 15.6. The molecular weight excluding hydrogens is 671 g/mol. The van der Waals surface area contributed by atoms with Crippen molar-refractivity contribution in [3.63, 3.8) is 0 Å². The van der Waals surface area contributed by atoms with Gasteiger partial charge in [0.15, 0.2) is 11.5 Å². The normalized spacial score (nSPS) is 26.4. The monoisotopic (exact) mass is 712 g/mol. The van der Waals surface area contributed by atoms with Crippen LogP contribution in [0.25, 0.3) is 6.08 Å². The van der Waals surface area contributed by atoms with Gasteiger partial charge in [0.2, 0.25) is 11.8 Å². The van der Waals surface area contributed by atoms with Gasteiger partial charge in [0.05, 0.1) is 41.8 Å². The molecule has 9 heteroatoms. The lowest BCUT2D eigenvalue weighted by molar-refractivity contribution is -0.144. The van der Waals surface area contributed by atoms with Crippen LogP contribution >= 0.6 is 22.6 Å². The van der Waals surface area contributed by atoms with Gasteiger partial charge >= 0.3 is 0 Å². The highest BCUT2D eigenvalue weighted by Crippen LogP contribution is 2.50. The predicted molar refractivity (Wildman–Crippen MR) is 176 cm³/mol. The molecule has 0 saturated carbocycles. The standard InChI is InChI=1S/C35H41IN2O6/c1-21(14-23-15-28(36)33(40)30(16-23)43-2)8-9-29-31-24(19-39)17-26-32(27(31)20-44-29)35(42)38(34(26)41)25-10-12-37(13-11-25)18-22-6-4-3-5-7-22/h3-7,14-16,25-27,29,32,39-40H,8-13,17-20H2,1-2H3/b21-14+/t26-,27+,29-,32-/m1/s1. The van der Waals surface area contributed by atoms with Gasteiger partial charge < -0.3 is 19.7 Å². The summed E-state index contributed by atoms with van der Waals surface area (Å²) in [5.74, 6) is -0.493. The molecule has 0 bridgehead atoms. The number of hydrogen-bond donors (Lipinski definition) is 2. The topological polar surface area (TPSA) is 99.5 Å². The number of phenolic OH excluding ortho intramolecular Hbond substituents is 1. The van der Waals surface area contributed by atoms with Gasteiger partial charge in [-0.05, 0) is 96.0 Å². The minimum Gasteiger partial charge on any atom is -0.504 e. The van der Waals surface area contributed by atoms with Gasteiger partial charge in [-0.3, -0.25) is 19.4 Å². The molecule has 3 fully saturated rings. The lowest BCUT2D eigenvalue weighted by Gasteiger charge is -2.36. The number of amides is 2. The molecule has 8 nitrogen and oxygen atoms in total. The van der Waals surface area contributed by atoms with Crippen LogP contribution in [0.3, 0.4) is 0 Å². The zero-order valence-corrected chi connectivity index (χ0v) is 27.5. The Hall–Kier alpha value is -2.73. The molecule has 0 unspecified atom stereocenters. The van der Waals surface area contributed by atoms with Crippen molar-refractivity contribution >= 4 is 40.5 Å². The van der Waals surface area contributed by atoms with E-state index in [9.17, 15) is 19.8 Å². The fourth-order valence-corrected chi connectivity index (χ4v) is 8.35. The number of aliphatic hydroxyl groups is 1. The zero-order valence-electron chi connectivity index (χ0n) is 25.4. The third-order valence-electron chi connectivity index (χ3n) is 9.89. The molecule has 2 aromatic rings. The van der Waals surface area contributed by atoms with Gasteiger partial charge in [0.25, 0.3) is 0 Å². The average molecular weight is 713 g/mol. The number of rotatable bonds is 9. The number of ether oxygens (including phenoxy) is 2. The number of aromatic hydroxyl groups is 1. The first-order valence-corrected chi connectivity index (χ1v) is 16.7. The Labute approximate surface area is 272 Å². The van der Waals surface area contributed by atoms with Crippen molar-refractivity contribution in [2.45, 2.75) is 57.7 Å². The molecule has 2 aromatic carbocycles. The van der Waals surface area contributed by atoms with Crippen LogP contribution in [0.15, 0.2) is 59.2 Å². The second-order valence-corrected chi connectivity index (χ2v) is 13.8. The van der Waals surface area contributed by atoms with Crippen LogP contribution in [-0.4, -0.2) is 77.4 Å². The summed E-state index contributed by atoms with van der Waals surface area (Å²) in [6.07, 6.45) is 5.41. The van der Waals surface area contributed by atoms with E-state index in [0.717, 1.165) is 71.2 Å². The van der Waals surface area contributed by atoms with Crippen LogP contribution < -0.4 is 4.74 Å². The molecule has 2 amide bonds. The van der Waals surface area contributed by atoms with E-state index in [1.165, 1.54) is 12.7 Å². The lowest BCUT2D eigenvalue weighted by Crippen LogP contribution is -2.47. The molecule has 0 spiro atoms. The molecule has 1 aliphatic carbocycles. The van der Waals surface area contributed by atoms with Crippen molar-refractivity contribution in [3.05, 3.63) is 73.9 Å². The van der Waals surface area contributed by atoms with Gasteiger partial charge in [0, 0.05) is 31.6 Å². The van der Waals surface area contributed by atoms with Crippen molar-refractivity contribution < 1.29 is 29.3 Å². The minimum atomic E-state index is -0.406. The molecule has 0 radical (unpaired) electrons. The lowest BCUT2D eigenvalue weighted by atomic mass is 9.69. The molecule has 4 aliphatic rings. The SMILES string of the molecule is COc1cc(/C=C(\C)CC[C@H]2OC[C@H]3C2=C(CO)C[C@H]2C(=O)N(C4CCN(Cc5ccccc5)CC4)C(=O)[C@H]23)cc(I)c1O. The summed E-state index contributed by atoms with van der Waals surface area (Å²) < 4.78 is 12.3. The first kappa shape index (κ1) is 31.3. The fourth-order valence-electron chi connectivity index (χ4n) is 7.73. The van der Waals surface area contributed by atoms with Crippen LogP contribution in [0.1, 0.15) is 50.2 Å². The van der Waals surface area contributed by atoms with E-state index in [4.69, 9.17) is 9.47 Å². The molecule has 4 atom stereocenters. The number of likely N-dealkylation sites (tertiary alicyclic amines) is 2. The number of imide groups is 1. The number of piperidine rings is 1. The van der Waals surface area contributed by atoms with Gasteiger partial charge in [-0.15, -0.1) is 0 Å². The summed E-state index contributed by atoms with van der Waals surface area (Å²) in [5.41, 5.74) is 5.29. The number of benzene rings is 2. The van der Waals surface area contributed by atoms with Crippen molar-refractivity contribution in [3.8, 4) is 11.5 Å². The Kier molecular flexibility index (Phi) is 9.47. The maximum absolute atomic E-state index is 14.0. The summed E-state index contributed by atoms with van der Waals surface area (Å²) in [7, 11) is 1.54. The molecule has 3 saturated heterocycles. The number of carbonyl (C=O) groups is 2. The van der Waals surface area contributed by atoms with E-state index < -0.39 is 11.8 Å². The van der Waals surface area contributed by atoms with E-state index >= 15 is 0 Å². The van der Waals surface area contributed by atoms with Crippen LogP contribution in [0.4, 0.5) is 0 Å². The molecular formula is C35H41IN2O6. The highest BCUT2D eigenvalue weighted by atomic mass is 127. The fraction of sp³-hybridized carbons (Fsp3) is 0.486. The number of aliphatic hydroxyl groups excluding tert-OH is 1. The van der Waals surface area contributed by atoms with Crippen LogP contribution in [0.5, 0.6) is 11.5 Å². The number of halogens is 1. The largest absolute Gasteiger partial charge is 0.504 e. The second kappa shape index (κ2) is 13.3. The molecule has 44 heavy (non-hydrogen) atoms. The van der Waals surface area contributed by atoms with Crippen molar-refractivity contribution in [1.29, 1.82) is 0 Å². The molecule has 3 aliphatic heterocycles. The Bertz CT molecular complexity index is 1470. The number of phenols is 1. The zero-order chi connectivity index (χ0) is 31.0. The predicted octanol–water partition coefficient (Wildman–Crippen LogP) is 5.16. The van der Waals surface area contributed by atoms with Gasteiger partial charge in [0.1, 0.15) is 0 Å². The third-order valence-corrected chi connectivity index (χ3v) is 10.7. The Morgan fingerprint density at radius 3 is 2.57 bits per heavy atom. The van der Waals surface area contributed by atoms with Gasteiger partial charge in [-0.1, -0.05) is 42.0 Å². The van der Waals surface area contributed by atoms with Gasteiger partial charge in [-0.25, -0.2) is 0 Å². The number of allylic oxidation sites excluding steroid dienone is 1. The molecule has 6 rings (SSSR count). The third kappa shape index (κ3) is 6.08. The Morgan fingerprint density at radius 1 is 1.11 bits per heavy atom. The van der Waals surface area contributed by atoms with E-state index in [1.807, 2.05) is 18.2 Å². The average Bonchev–Trinajstić information content (AvgIpc) is 3.56. The Morgan fingerprint density at radius 2 is 1.86 bits per heavy atom. The number of carbonyl (C=O) groups excluding carboxylic acids is 2. The molecule has 234 valence electrons. The highest BCUT2D eigenvalue weighted by molar-refractivity contribution is 14.1. The minimum absolute atomic E-state index is 0.0443. The summed E-state index contributed by atoms with van der Waals surface area (Å²) in [5, 5.41) is 20.6. The summed E-state index contributed by atoms with van der Waals surface area (Å²) in [6, 6.07) is 14.1. The maximum atomic E-state index is 14.0. The van der Waals surface area contributed by atoms with Crippen LogP contribution in [0, 0.1) is 21.3 Å². The summed E-state index contributed by atoms with van der Waals surface area (Å²) in [4.78, 5) is 31.7. The van der Waals surface area contributed by atoms with Crippen LogP contribution in [0.2, 0.25) is 0 Å². The first-order chi connectivity index (χ1) is 21.3. The number of hydrogen-bond acceptors (Lipinski definition) is 7. The highest BCUT2D eigenvalue weighted by Gasteiger charge is 2.58. The number of methoxy groups -OCH3 is 1. The molecule has 3 heterocycles. The molecule has 2 N–H and O–H groups in total.